The lowest BCUT2D eigenvalue weighted by molar-refractivity contribution is -0.384. The largest absolute Gasteiger partial charge is 0.507 e. The van der Waals surface area contributed by atoms with Gasteiger partial charge in [-0.1, -0.05) is 17.7 Å². The van der Waals surface area contributed by atoms with Gasteiger partial charge < -0.3 is 5.11 Å². The number of nitrogens with zero attached hydrogens (tertiary/aromatic N) is 2. The molecule has 1 unspecified atom stereocenters. The van der Waals surface area contributed by atoms with Crippen LogP contribution in [0.3, 0.4) is 0 Å². The molecule has 3 aromatic rings. The van der Waals surface area contributed by atoms with E-state index in [-0.39, 0.29) is 22.6 Å². The highest BCUT2D eigenvalue weighted by Crippen LogP contribution is 2.44. The van der Waals surface area contributed by atoms with Crippen molar-refractivity contribution in [2.45, 2.75) is 19.9 Å². The fraction of sp³-hybridized carbons (Fsp3) is 0.130. The number of anilines is 1. The summed E-state index contributed by atoms with van der Waals surface area (Å²) in [6, 6.07) is 13.6. The fourth-order valence-electron chi connectivity index (χ4n) is 3.61. The van der Waals surface area contributed by atoms with E-state index < -0.39 is 22.7 Å². The first-order valence-electron chi connectivity index (χ1n) is 9.46. The van der Waals surface area contributed by atoms with Crippen LogP contribution in [0, 0.1) is 24.0 Å². The number of aliphatic hydroxyl groups is 1. The van der Waals surface area contributed by atoms with Gasteiger partial charge in [0.05, 0.1) is 10.5 Å². The Balaban J connectivity index is 1.91. The van der Waals surface area contributed by atoms with Crippen molar-refractivity contribution in [1.29, 1.82) is 0 Å². The molecule has 1 aliphatic rings. The molecule has 0 saturated carbocycles. The van der Waals surface area contributed by atoms with Crippen molar-refractivity contribution in [3.05, 3.63) is 97.2 Å². The predicted molar refractivity (Wildman–Crippen MR) is 118 cm³/mol. The van der Waals surface area contributed by atoms with E-state index >= 15 is 0 Å². The molecule has 1 saturated heterocycles. The molecule has 1 atom stereocenters. The van der Waals surface area contributed by atoms with Gasteiger partial charge in [0.2, 0.25) is 0 Å². The van der Waals surface area contributed by atoms with Gasteiger partial charge in [0.1, 0.15) is 11.8 Å². The topological polar surface area (TPSA) is 101 Å². The first kappa shape index (κ1) is 20.5. The van der Waals surface area contributed by atoms with Gasteiger partial charge in [-0.25, -0.2) is 0 Å². The number of amides is 1. The Morgan fingerprint density at radius 1 is 1.03 bits per heavy atom. The smallest absolute Gasteiger partial charge is 0.300 e. The number of carbonyl (C=O) groups is 2. The minimum Gasteiger partial charge on any atom is -0.507 e. The molecule has 0 spiro atoms. The first-order valence-corrected chi connectivity index (χ1v) is 10.3. The molecule has 8 heteroatoms. The minimum absolute atomic E-state index is 0.0371. The lowest BCUT2D eigenvalue weighted by atomic mass is 9.98. The van der Waals surface area contributed by atoms with Gasteiger partial charge in [-0.15, -0.1) is 11.3 Å². The molecule has 2 heterocycles. The number of thiophene rings is 1. The van der Waals surface area contributed by atoms with Crippen LogP contribution >= 0.6 is 11.3 Å². The average Bonchev–Trinajstić information content (AvgIpc) is 3.29. The molecule has 31 heavy (non-hydrogen) atoms. The van der Waals surface area contributed by atoms with Crippen molar-refractivity contribution in [2.75, 3.05) is 4.90 Å². The number of Topliss-reactive ketones (excluding diaryl/α,β-unsaturated/α-hetero) is 1. The molecule has 1 aliphatic heterocycles. The van der Waals surface area contributed by atoms with Gasteiger partial charge in [-0.3, -0.25) is 24.6 Å². The molecule has 4 rings (SSSR count). The van der Waals surface area contributed by atoms with E-state index in [0.29, 0.717) is 5.69 Å². The Kier molecular flexibility index (Phi) is 5.16. The molecule has 1 fully saturated rings. The number of aliphatic hydroxyl groups excluding tert-OH is 1. The Morgan fingerprint density at radius 2 is 1.68 bits per heavy atom. The molecular weight excluding hydrogens is 416 g/mol. The fourth-order valence-corrected chi connectivity index (χ4v) is 4.64. The number of nitro benzene ring substituents is 1. The van der Waals surface area contributed by atoms with Crippen molar-refractivity contribution in [3.8, 4) is 0 Å². The van der Waals surface area contributed by atoms with Crippen LogP contribution in [-0.2, 0) is 9.59 Å². The van der Waals surface area contributed by atoms with Crippen LogP contribution in [0.1, 0.15) is 27.6 Å². The normalized spacial score (nSPS) is 17.9. The molecule has 0 radical (unpaired) electrons. The van der Waals surface area contributed by atoms with Crippen LogP contribution in [-0.4, -0.2) is 21.7 Å². The Hall–Kier alpha value is -3.78. The zero-order valence-electron chi connectivity index (χ0n) is 16.7. The number of ketones is 1. The molecule has 2 aromatic carbocycles. The summed E-state index contributed by atoms with van der Waals surface area (Å²) >= 11 is 1.39. The van der Waals surface area contributed by atoms with Crippen LogP contribution in [0.5, 0.6) is 0 Å². The third kappa shape index (κ3) is 3.51. The zero-order valence-corrected chi connectivity index (χ0v) is 17.6. The lowest BCUT2D eigenvalue weighted by Gasteiger charge is -2.25. The summed E-state index contributed by atoms with van der Waals surface area (Å²) in [7, 11) is 0. The van der Waals surface area contributed by atoms with E-state index in [1.165, 1.54) is 40.5 Å². The number of aryl methyl sites for hydroxylation is 2. The van der Waals surface area contributed by atoms with Crippen molar-refractivity contribution >= 4 is 40.2 Å². The Labute approximate surface area is 182 Å². The summed E-state index contributed by atoms with van der Waals surface area (Å²) < 4.78 is 0. The highest BCUT2D eigenvalue weighted by atomic mass is 32.1. The summed E-state index contributed by atoms with van der Waals surface area (Å²) in [5.74, 6) is -1.89. The van der Waals surface area contributed by atoms with E-state index in [0.717, 1.165) is 16.0 Å². The third-order valence-corrected chi connectivity index (χ3v) is 6.33. The highest BCUT2D eigenvalue weighted by molar-refractivity contribution is 7.10. The summed E-state index contributed by atoms with van der Waals surface area (Å²) in [6.07, 6.45) is 0. The zero-order chi connectivity index (χ0) is 22.3. The van der Waals surface area contributed by atoms with E-state index in [1.807, 2.05) is 37.4 Å². The van der Waals surface area contributed by atoms with Crippen LogP contribution in [0.2, 0.25) is 0 Å². The van der Waals surface area contributed by atoms with E-state index in [4.69, 9.17) is 0 Å². The van der Waals surface area contributed by atoms with Gasteiger partial charge in [0, 0.05) is 28.3 Å². The molecular formula is C23H18N2O5S. The summed E-state index contributed by atoms with van der Waals surface area (Å²) in [5.41, 5.74) is 2.51. The molecule has 0 aliphatic carbocycles. The van der Waals surface area contributed by atoms with Gasteiger partial charge in [-0.2, -0.15) is 0 Å². The van der Waals surface area contributed by atoms with E-state index in [2.05, 4.69) is 0 Å². The molecule has 7 nitrogen and oxygen atoms in total. The number of carbonyl (C=O) groups excluding carboxylic acids is 2. The van der Waals surface area contributed by atoms with Gasteiger partial charge >= 0.3 is 0 Å². The Bertz CT molecular complexity index is 1230. The monoisotopic (exact) mass is 434 g/mol. The molecule has 1 N–H and O–H groups in total. The standard InChI is InChI=1S/C23H18N2O5S/c1-13-3-7-16(8-4-13)24-19(22-14(2)11-12-31-22)18(21(27)23(24)28)20(26)15-5-9-17(10-6-15)25(29)30/h3-12,19,26H,1-2H3/b20-18-. The van der Waals surface area contributed by atoms with Crippen LogP contribution in [0.25, 0.3) is 5.76 Å². The quantitative estimate of drug-likeness (QED) is 0.207. The highest BCUT2D eigenvalue weighted by Gasteiger charge is 2.47. The van der Waals surface area contributed by atoms with Crippen molar-refractivity contribution in [2.24, 2.45) is 0 Å². The Morgan fingerprint density at radius 3 is 2.23 bits per heavy atom. The average molecular weight is 434 g/mol. The van der Waals surface area contributed by atoms with Gasteiger partial charge in [0.25, 0.3) is 17.4 Å². The van der Waals surface area contributed by atoms with Crippen LogP contribution in [0.15, 0.2) is 65.6 Å². The molecule has 156 valence electrons. The van der Waals surface area contributed by atoms with Crippen molar-refractivity contribution < 1.29 is 19.6 Å². The maximum Gasteiger partial charge on any atom is 0.300 e. The second-order valence-electron chi connectivity index (χ2n) is 7.28. The maximum atomic E-state index is 13.1. The number of hydrogen-bond donors (Lipinski definition) is 1. The van der Waals surface area contributed by atoms with E-state index in [1.54, 1.807) is 12.1 Å². The number of rotatable bonds is 4. The molecule has 0 bridgehead atoms. The second kappa shape index (κ2) is 7.81. The lowest BCUT2D eigenvalue weighted by Crippen LogP contribution is -2.29. The number of nitro groups is 1. The van der Waals surface area contributed by atoms with Crippen molar-refractivity contribution in [1.82, 2.24) is 0 Å². The first-order chi connectivity index (χ1) is 14.8. The number of benzene rings is 2. The summed E-state index contributed by atoms with van der Waals surface area (Å²) in [6.45, 7) is 3.81. The van der Waals surface area contributed by atoms with Crippen molar-refractivity contribution in [3.63, 3.8) is 0 Å². The SMILES string of the molecule is Cc1ccc(N2C(=O)C(=O)/C(=C(\O)c3ccc([N+](=O)[O-])cc3)C2c2sccc2C)cc1. The number of non-ortho nitro benzene ring substituents is 1. The minimum atomic E-state index is -0.797. The summed E-state index contributed by atoms with van der Waals surface area (Å²) in [4.78, 5) is 38.6. The van der Waals surface area contributed by atoms with Crippen LogP contribution in [0.4, 0.5) is 11.4 Å². The maximum absolute atomic E-state index is 13.1. The molecule has 1 aromatic heterocycles. The van der Waals surface area contributed by atoms with Gasteiger partial charge in [0.15, 0.2) is 0 Å². The van der Waals surface area contributed by atoms with Crippen LogP contribution < -0.4 is 4.90 Å². The second-order valence-corrected chi connectivity index (χ2v) is 8.22. The molecule has 1 amide bonds. The number of hydrogen-bond acceptors (Lipinski definition) is 6. The third-order valence-electron chi connectivity index (χ3n) is 5.26. The summed E-state index contributed by atoms with van der Waals surface area (Å²) in [5, 5.41) is 23.8. The van der Waals surface area contributed by atoms with Gasteiger partial charge in [-0.05, 0) is 55.1 Å². The van der Waals surface area contributed by atoms with E-state index in [9.17, 15) is 24.8 Å². The predicted octanol–water partition coefficient (Wildman–Crippen LogP) is 4.90.